The van der Waals surface area contributed by atoms with Crippen molar-refractivity contribution in [2.75, 3.05) is 0 Å². The molecule has 4 N–H and O–H groups in total. The molecule has 0 aliphatic heterocycles. The summed E-state index contributed by atoms with van der Waals surface area (Å²) in [7, 11) is 0. The van der Waals surface area contributed by atoms with Crippen molar-refractivity contribution in [3.05, 3.63) is 0 Å². The molecule has 0 aromatic heterocycles. The van der Waals surface area contributed by atoms with E-state index < -0.39 is 0 Å². The summed E-state index contributed by atoms with van der Waals surface area (Å²) in [5.41, 5.74) is 0. The van der Waals surface area contributed by atoms with Gasteiger partial charge in [-0.25, -0.2) is 0 Å². The van der Waals surface area contributed by atoms with Crippen LogP contribution in [0.5, 0.6) is 0 Å². The van der Waals surface area contributed by atoms with Crippen molar-refractivity contribution < 1.29 is 15.9 Å². The van der Waals surface area contributed by atoms with Crippen LogP contribution in [0.3, 0.4) is 0 Å². The molecule has 0 atom stereocenters. The fourth-order valence-electron chi connectivity index (χ4n) is 0. The maximum atomic E-state index is 7.08. The summed E-state index contributed by atoms with van der Waals surface area (Å²) in [4.78, 5) is 0. The normalized spacial score (nSPS) is 7.20. The Labute approximate surface area is 27.8 Å². The Balaban J connectivity index is 0. The SMILES string of the molecule is O.ON=NO. The molecule has 0 unspecified atom stereocenters. The van der Waals surface area contributed by atoms with E-state index in [1.807, 2.05) is 10.6 Å². The third-order valence-corrected chi connectivity index (χ3v) is 0.0400. The molecule has 0 aliphatic carbocycles. The standard InChI is InChI=1S/H2N2O2.H2O/c3-1-2-4;/h(H,1,4)(H,2,3);1H2. The van der Waals surface area contributed by atoms with E-state index >= 15 is 0 Å². The van der Waals surface area contributed by atoms with E-state index in [2.05, 4.69) is 0 Å². The zero-order chi connectivity index (χ0) is 3.41. The van der Waals surface area contributed by atoms with Crippen molar-refractivity contribution in [1.82, 2.24) is 0 Å². The van der Waals surface area contributed by atoms with Gasteiger partial charge in [-0.3, -0.25) is 0 Å². The third kappa shape index (κ3) is 166. The summed E-state index contributed by atoms with van der Waals surface area (Å²) < 4.78 is 0. The van der Waals surface area contributed by atoms with Gasteiger partial charge in [0.25, 0.3) is 0 Å². The van der Waals surface area contributed by atoms with Crippen molar-refractivity contribution in [3.8, 4) is 0 Å². The molecule has 5 heavy (non-hydrogen) atoms. The van der Waals surface area contributed by atoms with Gasteiger partial charge in [-0.1, -0.05) is 0 Å². The second kappa shape index (κ2) is 11.0. The van der Waals surface area contributed by atoms with E-state index in [9.17, 15) is 0 Å². The van der Waals surface area contributed by atoms with Crippen LogP contribution in [0.15, 0.2) is 10.6 Å². The largest absolute Gasteiger partial charge is 0.412 e. The molecule has 0 rings (SSSR count). The van der Waals surface area contributed by atoms with Gasteiger partial charge in [0, 0.05) is 0 Å². The monoisotopic (exact) mass is 80.0 g/mol. The maximum absolute atomic E-state index is 7.08. The molecule has 5 nitrogen and oxygen atoms in total. The first-order chi connectivity index (χ1) is 1.91. The molecule has 0 spiro atoms. The Morgan fingerprint density at radius 3 is 1.20 bits per heavy atom. The van der Waals surface area contributed by atoms with Gasteiger partial charge in [0.15, 0.2) is 0 Å². The summed E-state index contributed by atoms with van der Waals surface area (Å²) in [6, 6.07) is 0. The fourth-order valence-corrected chi connectivity index (χ4v) is 0. The van der Waals surface area contributed by atoms with Crippen LogP contribution in [0.1, 0.15) is 0 Å². The van der Waals surface area contributed by atoms with Crippen molar-refractivity contribution in [3.63, 3.8) is 0 Å². The fraction of sp³-hybridized carbons (Fsp3) is 0. The molecule has 0 amide bonds. The highest BCUT2D eigenvalue weighted by Gasteiger charge is 1.34. The average molecular weight is 80.0 g/mol. The van der Waals surface area contributed by atoms with Gasteiger partial charge in [-0.2, -0.15) is 0 Å². The van der Waals surface area contributed by atoms with Gasteiger partial charge in [-0.15, -0.1) is 0 Å². The highest BCUT2D eigenvalue weighted by Crippen LogP contribution is 1.46. The van der Waals surface area contributed by atoms with Gasteiger partial charge in [0.05, 0.1) is 10.6 Å². The number of rotatable bonds is 0. The molecule has 0 aliphatic rings. The van der Waals surface area contributed by atoms with Crippen LogP contribution in [0.2, 0.25) is 0 Å². The first kappa shape index (κ1) is 8.90. The zero-order valence-corrected chi connectivity index (χ0v) is 2.29. The summed E-state index contributed by atoms with van der Waals surface area (Å²) in [6.07, 6.45) is 0. The van der Waals surface area contributed by atoms with Crippen LogP contribution in [0.25, 0.3) is 0 Å². The summed E-state index contributed by atoms with van der Waals surface area (Å²) in [5.74, 6) is 0. The van der Waals surface area contributed by atoms with Gasteiger partial charge >= 0.3 is 0 Å². The number of hydrogen-bond acceptors (Lipinski definition) is 2. The van der Waals surface area contributed by atoms with E-state index in [0.717, 1.165) is 0 Å². The first-order valence-electron chi connectivity index (χ1n) is 0.600. The molecular weight excluding hydrogens is 76.0 g/mol. The van der Waals surface area contributed by atoms with E-state index in [1.54, 1.807) is 0 Å². The summed E-state index contributed by atoms with van der Waals surface area (Å²) >= 11 is 0. The maximum Gasteiger partial charge on any atom is 0.0606 e. The van der Waals surface area contributed by atoms with Crippen molar-refractivity contribution in [2.45, 2.75) is 0 Å². The lowest BCUT2D eigenvalue weighted by Gasteiger charge is -1.53. The Morgan fingerprint density at radius 2 is 1.20 bits per heavy atom. The summed E-state index contributed by atoms with van der Waals surface area (Å²) in [6.45, 7) is 0. The second-order valence-electron chi connectivity index (χ2n) is 0.179. The minimum atomic E-state index is 0. The highest BCUT2D eigenvalue weighted by atomic mass is 16.5. The van der Waals surface area contributed by atoms with Crippen LogP contribution < -0.4 is 0 Å². The average Bonchev–Trinajstić information content (AvgIpc) is 1.37. The molecule has 0 saturated heterocycles. The lowest BCUT2D eigenvalue weighted by atomic mass is 13.0. The number of hydrogen-bond donors (Lipinski definition) is 2. The molecular formula is H4N2O3. The predicted molar refractivity (Wildman–Crippen MR) is 12.0 cm³/mol. The minimum Gasteiger partial charge on any atom is -0.412 e. The highest BCUT2D eigenvalue weighted by molar-refractivity contribution is 3.51. The third-order valence-electron chi connectivity index (χ3n) is 0.0400. The van der Waals surface area contributed by atoms with Crippen molar-refractivity contribution >= 4 is 0 Å². The predicted octanol–water partition coefficient (Wildman–Crippen LogP) is -0.608. The lowest BCUT2D eigenvalue weighted by molar-refractivity contribution is 0.177. The molecule has 0 heterocycles. The molecule has 32 valence electrons. The van der Waals surface area contributed by atoms with Gasteiger partial charge in [-0.05, 0) is 0 Å². The van der Waals surface area contributed by atoms with Crippen molar-refractivity contribution in [2.24, 2.45) is 10.6 Å². The van der Waals surface area contributed by atoms with E-state index in [4.69, 9.17) is 10.4 Å². The molecule has 0 saturated carbocycles. The van der Waals surface area contributed by atoms with Crippen LogP contribution in [-0.4, -0.2) is 15.9 Å². The zero-order valence-electron chi connectivity index (χ0n) is 2.29. The van der Waals surface area contributed by atoms with Crippen LogP contribution >= 0.6 is 0 Å². The van der Waals surface area contributed by atoms with Gasteiger partial charge in [0.2, 0.25) is 0 Å². The van der Waals surface area contributed by atoms with Gasteiger partial charge in [0.1, 0.15) is 0 Å². The minimum absolute atomic E-state index is 0. The Bertz CT molecular complexity index is 20.1. The topological polar surface area (TPSA) is 96.7 Å². The van der Waals surface area contributed by atoms with E-state index in [0.29, 0.717) is 0 Å². The van der Waals surface area contributed by atoms with E-state index in [1.165, 1.54) is 0 Å². The quantitative estimate of drug-likeness (QED) is 0.300. The van der Waals surface area contributed by atoms with Crippen LogP contribution in [-0.2, 0) is 0 Å². The van der Waals surface area contributed by atoms with Crippen molar-refractivity contribution in [1.29, 1.82) is 0 Å². The smallest absolute Gasteiger partial charge is 0.0606 e. The lowest BCUT2D eigenvalue weighted by Crippen LogP contribution is -1.41. The van der Waals surface area contributed by atoms with E-state index in [-0.39, 0.29) is 5.48 Å². The van der Waals surface area contributed by atoms with Crippen LogP contribution in [0.4, 0.5) is 0 Å². The Morgan fingerprint density at radius 1 is 1.00 bits per heavy atom. The first-order valence-corrected chi connectivity index (χ1v) is 0.600. The molecule has 0 aromatic carbocycles. The second-order valence-corrected chi connectivity index (χ2v) is 0.179. The Kier molecular flexibility index (Phi) is 19.5. The molecule has 0 radical (unpaired) electrons. The van der Waals surface area contributed by atoms with Gasteiger partial charge < -0.3 is 15.9 Å². The Hall–Kier alpha value is -0.840. The number of nitrogens with zero attached hydrogens (tertiary/aromatic N) is 2. The van der Waals surface area contributed by atoms with Crippen LogP contribution in [0, 0.1) is 0 Å². The summed E-state index contributed by atoms with van der Waals surface area (Å²) in [5, 5.41) is 18.0. The molecule has 0 bridgehead atoms. The molecule has 0 fully saturated rings. The molecule has 5 heteroatoms. The molecule has 0 aromatic rings.